The van der Waals surface area contributed by atoms with Crippen molar-refractivity contribution < 1.29 is 24.2 Å². The fourth-order valence-electron chi connectivity index (χ4n) is 2.82. The Bertz CT molecular complexity index is 670. The van der Waals surface area contributed by atoms with Gasteiger partial charge in [0, 0.05) is 25.6 Å². The van der Waals surface area contributed by atoms with Gasteiger partial charge in [0.1, 0.15) is 12.4 Å². The van der Waals surface area contributed by atoms with Gasteiger partial charge in [0.2, 0.25) is 0 Å². The van der Waals surface area contributed by atoms with Crippen LogP contribution in [-0.2, 0) is 16.0 Å². The number of urea groups is 1. The molecule has 0 aliphatic carbocycles. The third-order valence-corrected chi connectivity index (χ3v) is 5.02. The molecule has 0 bridgehead atoms. The molecule has 176 valence electrons. The van der Waals surface area contributed by atoms with Crippen LogP contribution in [0.25, 0.3) is 0 Å². The van der Waals surface area contributed by atoms with E-state index in [2.05, 4.69) is 26.1 Å². The Morgan fingerprint density at radius 1 is 1.13 bits per heavy atom. The lowest BCUT2D eigenvalue weighted by molar-refractivity contribution is -0.149. The summed E-state index contributed by atoms with van der Waals surface area (Å²) >= 11 is 0. The number of hydrogen-bond donors (Lipinski definition) is 2. The molecule has 1 rings (SSSR count). The van der Waals surface area contributed by atoms with Crippen LogP contribution in [0, 0.1) is 5.41 Å². The van der Waals surface area contributed by atoms with Gasteiger partial charge in [-0.1, -0.05) is 39.8 Å². The summed E-state index contributed by atoms with van der Waals surface area (Å²) in [5.74, 6) is -0.279. The summed E-state index contributed by atoms with van der Waals surface area (Å²) in [5, 5.41) is 12.2. The first-order chi connectivity index (χ1) is 14.6. The van der Waals surface area contributed by atoms with Crippen LogP contribution in [0.5, 0.6) is 5.75 Å². The van der Waals surface area contributed by atoms with E-state index in [0.29, 0.717) is 38.5 Å². The number of aliphatic carboxylic acids is 1. The van der Waals surface area contributed by atoms with Crippen molar-refractivity contribution >= 4 is 12.0 Å². The van der Waals surface area contributed by atoms with Crippen LogP contribution in [0.3, 0.4) is 0 Å². The molecule has 2 amide bonds. The zero-order chi connectivity index (χ0) is 23.4. The Kier molecular flexibility index (Phi) is 11.4. The Balaban J connectivity index is 2.62. The SMILES string of the molecule is CCOC(Cc1ccc(OCCN(CCC(C)(C)C)C(=O)NC(C)CC)cc1)C(=O)O. The molecule has 0 saturated heterocycles. The van der Waals surface area contributed by atoms with Gasteiger partial charge in [-0.25, -0.2) is 9.59 Å². The van der Waals surface area contributed by atoms with Gasteiger partial charge in [0.05, 0.1) is 6.54 Å². The first-order valence-electron chi connectivity index (χ1n) is 11.2. The summed E-state index contributed by atoms with van der Waals surface area (Å²) < 4.78 is 11.1. The molecule has 0 aromatic heterocycles. The minimum atomic E-state index is -0.965. The fourth-order valence-corrected chi connectivity index (χ4v) is 2.82. The number of amides is 2. The Hall–Kier alpha value is -2.28. The van der Waals surface area contributed by atoms with Crippen LogP contribution in [0.4, 0.5) is 4.79 Å². The maximum atomic E-state index is 12.6. The smallest absolute Gasteiger partial charge is 0.333 e. The summed E-state index contributed by atoms with van der Waals surface area (Å²) in [6.45, 7) is 14.2. The maximum absolute atomic E-state index is 12.6. The van der Waals surface area contributed by atoms with Crippen molar-refractivity contribution in [2.24, 2.45) is 5.41 Å². The number of carbonyl (C=O) groups excluding carboxylic acids is 1. The van der Waals surface area contributed by atoms with Crippen LogP contribution in [-0.4, -0.2) is 60.5 Å². The summed E-state index contributed by atoms with van der Waals surface area (Å²) in [7, 11) is 0. The van der Waals surface area contributed by atoms with Crippen molar-refractivity contribution in [3.05, 3.63) is 29.8 Å². The van der Waals surface area contributed by atoms with Gasteiger partial charge in [0.15, 0.2) is 6.10 Å². The number of carboxylic acid groups (broad SMARTS) is 1. The van der Waals surface area contributed by atoms with E-state index in [-0.39, 0.29) is 17.5 Å². The normalized spacial score (nSPS) is 13.4. The van der Waals surface area contributed by atoms with E-state index in [1.165, 1.54) is 0 Å². The average molecular weight is 437 g/mol. The molecule has 31 heavy (non-hydrogen) atoms. The Morgan fingerprint density at radius 2 is 1.77 bits per heavy atom. The number of carboxylic acids is 1. The van der Waals surface area contributed by atoms with Crippen molar-refractivity contribution in [1.29, 1.82) is 0 Å². The molecule has 7 nitrogen and oxygen atoms in total. The Morgan fingerprint density at radius 3 is 2.29 bits per heavy atom. The van der Waals surface area contributed by atoms with Gasteiger partial charge in [-0.05, 0) is 49.8 Å². The third kappa shape index (κ3) is 11.1. The van der Waals surface area contributed by atoms with Gasteiger partial charge in [-0.15, -0.1) is 0 Å². The lowest BCUT2D eigenvalue weighted by Crippen LogP contribution is -2.46. The maximum Gasteiger partial charge on any atom is 0.333 e. The highest BCUT2D eigenvalue weighted by Crippen LogP contribution is 2.19. The van der Waals surface area contributed by atoms with E-state index in [1.807, 2.05) is 43.0 Å². The molecule has 0 heterocycles. The van der Waals surface area contributed by atoms with Gasteiger partial charge in [-0.3, -0.25) is 0 Å². The van der Waals surface area contributed by atoms with E-state index >= 15 is 0 Å². The van der Waals surface area contributed by atoms with E-state index < -0.39 is 12.1 Å². The van der Waals surface area contributed by atoms with Crippen LogP contribution < -0.4 is 10.1 Å². The second kappa shape index (κ2) is 13.2. The van der Waals surface area contributed by atoms with Gasteiger partial charge < -0.3 is 24.8 Å². The number of rotatable bonds is 13. The van der Waals surface area contributed by atoms with Crippen molar-refractivity contribution in [2.75, 3.05) is 26.3 Å². The molecular weight excluding hydrogens is 396 g/mol. The third-order valence-electron chi connectivity index (χ3n) is 5.02. The van der Waals surface area contributed by atoms with Crippen LogP contribution >= 0.6 is 0 Å². The molecule has 0 radical (unpaired) electrons. The molecule has 0 fully saturated rings. The standard InChI is InChI=1S/C24H40N2O5/c1-7-18(3)25-23(29)26(14-13-24(4,5)6)15-16-31-20-11-9-19(10-12-20)17-21(22(27)28)30-8-2/h9-12,18,21H,7-8,13-17H2,1-6H3,(H,25,29)(H,27,28). The summed E-state index contributed by atoms with van der Waals surface area (Å²) in [6.07, 6.45) is 1.24. The number of nitrogens with zero attached hydrogens (tertiary/aromatic N) is 1. The van der Waals surface area contributed by atoms with Crippen molar-refractivity contribution in [3.63, 3.8) is 0 Å². The monoisotopic (exact) mass is 436 g/mol. The minimum Gasteiger partial charge on any atom is -0.492 e. The fraction of sp³-hybridized carbons (Fsp3) is 0.667. The average Bonchev–Trinajstić information content (AvgIpc) is 2.70. The molecule has 7 heteroatoms. The molecule has 2 N–H and O–H groups in total. The first kappa shape index (κ1) is 26.8. The van der Waals surface area contributed by atoms with Crippen LogP contribution in [0.15, 0.2) is 24.3 Å². The molecule has 0 aliphatic heterocycles. The van der Waals surface area contributed by atoms with E-state index in [9.17, 15) is 14.7 Å². The highest BCUT2D eigenvalue weighted by atomic mass is 16.5. The van der Waals surface area contributed by atoms with E-state index in [4.69, 9.17) is 9.47 Å². The van der Waals surface area contributed by atoms with Gasteiger partial charge >= 0.3 is 12.0 Å². The van der Waals surface area contributed by atoms with Crippen molar-refractivity contribution in [1.82, 2.24) is 10.2 Å². The summed E-state index contributed by atoms with van der Waals surface area (Å²) in [6, 6.07) is 7.39. The number of carbonyl (C=O) groups is 2. The van der Waals surface area contributed by atoms with E-state index in [1.54, 1.807) is 6.92 Å². The molecule has 1 aromatic carbocycles. The first-order valence-corrected chi connectivity index (χ1v) is 11.2. The molecule has 0 saturated carbocycles. The summed E-state index contributed by atoms with van der Waals surface area (Å²) in [5.41, 5.74) is 1.01. The molecule has 2 unspecified atom stereocenters. The van der Waals surface area contributed by atoms with E-state index in [0.717, 1.165) is 18.4 Å². The van der Waals surface area contributed by atoms with Crippen LogP contribution in [0.1, 0.15) is 59.9 Å². The zero-order valence-electron chi connectivity index (χ0n) is 19.9. The number of ether oxygens (including phenoxy) is 2. The largest absolute Gasteiger partial charge is 0.492 e. The second-order valence-corrected chi connectivity index (χ2v) is 9.04. The molecule has 1 aromatic rings. The molecule has 2 atom stereocenters. The number of benzene rings is 1. The Labute approximate surface area is 187 Å². The van der Waals surface area contributed by atoms with Crippen molar-refractivity contribution in [2.45, 2.75) is 73.0 Å². The number of nitrogens with one attached hydrogen (secondary N) is 1. The zero-order valence-corrected chi connectivity index (χ0v) is 19.9. The van der Waals surface area contributed by atoms with Crippen molar-refractivity contribution in [3.8, 4) is 5.75 Å². The van der Waals surface area contributed by atoms with Gasteiger partial charge in [0.25, 0.3) is 0 Å². The number of hydrogen-bond acceptors (Lipinski definition) is 4. The molecular formula is C24H40N2O5. The topological polar surface area (TPSA) is 88.1 Å². The predicted molar refractivity (Wildman–Crippen MR) is 123 cm³/mol. The minimum absolute atomic E-state index is 0.0619. The molecule has 0 spiro atoms. The highest BCUT2D eigenvalue weighted by molar-refractivity contribution is 5.74. The highest BCUT2D eigenvalue weighted by Gasteiger charge is 2.19. The predicted octanol–water partition coefficient (Wildman–Crippen LogP) is 4.34. The lowest BCUT2D eigenvalue weighted by Gasteiger charge is -2.28. The lowest BCUT2D eigenvalue weighted by atomic mass is 9.92. The van der Waals surface area contributed by atoms with Crippen LogP contribution in [0.2, 0.25) is 0 Å². The second-order valence-electron chi connectivity index (χ2n) is 9.04. The molecule has 0 aliphatic rings. The summed E-state index contributed by atoms with van der Waals surface area (Å²) in [4.78, 5) is 25.7. The quantitative estimate of drug-likeness (QED) is 0.480. The van der Waals surface area contributed by atoms with Gasteiger partial charge in [-0.2, -0.15) is 0 Å².